The van der Waals surface area contributed by atoms with Crippen molar-refractivity contribution < 1.29 is 4.79 Å². The normalized spacial score (nSPS) is 10.2. The van der Waals surface area contributed by atoms with Crippen molar-refractivity contribution in [2.45, 2.75) is 0 Å². The maximum absolute atomic E-state index is 10.5. The summed E-state index contributed by atoms with van der Waals surface area (Å²) in [5.41, 5.74) is 2.42. The van der Waals surface area contributed by atoms with E-state index in [1.807, 2.05) is 24.3 Å². The fourth-order valence-electron chi connectivity index (χ4n) is 1.40. The summed E-state index contributed by atoms with van der Waals surface area (Å²) >= 11 is 0. The lowest BCUT2D eigenvalue weighted by Crippen LogP contribution is -1.79. The monoisotopic (exact) mass is 171 g/mol. The number of carbonyl (C=O) groups excluding carboxylic acids is 1. The van der Waals surface area contributed by atoms with E-state index in [0.717, 1.165) is 22.8 Å². The van der Waals surface area contributed by atoms with Gasteiger partial charge in [-0.15, -0.1) is 0 Å². The molecule has 2 heteroatoms. The average molecular weight is 171 g/mol. The summed E-state index contributed by atoms with van der Waals surface area (Å²) < 4.78 is 0. The van der Waals surface area contributed by atoms with Gasteiger partial charge in [0.1, 0.15) is 6.29 Å². The number of aromatic amines is 1. The lowest BCUT2D eigenvalue weighted by atomic mass is 10.1. The number of rotatable bonds is 2. The van der Waals surface area contributed by atoms with Crippen LogP contribution in [0.1, 0.15) is 5.56 Å². The molecule has 0 radical (unpaired) electrons. The minimum Gasteiger partial charge on any atom is -0.361 e. The molecule has 0 bridgehead atoms. The minimum absolute atomic E-state index is 0.512. The molecule has 1 N–H and O–H groups in total. The third kappa shape index (κ3) is 1.16. The molecule has 1 heterocycles. The first-order valence-electron chi connectivity index (χ1n) is 4.03. The molecule has 0 aliphatic carbocycles. The van der Waals surface area contributed by atoms with Crippen LogP contribution in [-0.2, 0) is 4.79 Å². The van der Waals surface area contributed by atoms with Crippen LogP contribution in [0.4, 0.5) is 0 Å². The van der Waals surface area contributed by atoms with Gasteiger partial charge in [0.25, 0.3) is 0 Å². The van der Waals surface area contributed by atoms with Crippen molar-refractivity contribution in [1.29, 1.82) is 0 Å². The van der Waals surface area contributed by atoms with Gasteiger partial charge in [0.05, 0.1) is 0 Å². The number of aromatic nitrogens is 1. The van der Waals surface area contributed by atoms with Crippen LogP contribution in [0.2, 0.25) is 0 Å². The summed E-state index contributed by atoms with van der Waals surface area (Å²) in [6, 6.07) is 7.83. The Morgan fingerprint density at radius 2 is 2.15 bits per heavy atom. The Balaban J connectivity index is 2.71. The van der Waals surface area contributed by atoms with E-state index in [4.69, 9.17) is 0 Å². The molecule has 0 unspecified atom stereocenters. The molecular weight excluding hydrogens is 162 g/mol. The Bertz CT molecular complexity index is 468. The number of hydrogen-bond donors (Lipinski definition) is 1. The van der Waals surface area contributed by atoms with Crippen LogP contribution in [0.25, 0.3) is 16.5 Å². The van der Waals surface area contributed by atoms with Crippen molar-refractivity contribution >= 4 is 22.8 Å². The highest BCUT2D eigenvalue weighted by Crippen LogP contribution is 2.22. The van der Waals surface area contributed by atoms with E-state index in [9.17, 15) is 4.79 Å². The molecular formula is C11H9NO. The molecule has 64 valence electrons. The van der Waals surface area contributed by atoms with E-state index in [0.29, 0.717) is 5.57 Å². The predicted molar refractivity (Wildman–Crippen MR) is 53.4 cm³/mol. The predicted octanol–water partition coefficient (Wildman–Crippen LogP) is 2.38. The summed E-state index contributed by atoms with van der Waals surface area (Å²) in [4.78, 5) is 13.6. The molecule has 2 nitrogen and oxygen atoms in total. The van der Waals surface area contributed by atoms with Gasteiger partial charge >= 0.3 is 0 Å². The number of carbonyl (C=O) groups is 1. The first-order valence-corrected chi connectivity index (χ1v) is 4.03. The average Bonchev–Trinajstić information content (AvgIpc) is 2.60. The first-order chi connectivity index (χ1) is 6.33. The van der Waals surface area contributed by atoms with Gasteiger partial charge < -0.3 is 4.98 Å². The molecule has 0 saturated heterocycles. The van der Waals surface area contributed by atoms with Crippen LogP contribution < -0.4 is 0 Å². The summed E-state index contributed by atoms with van der Waals surface area (Å²) in [5, 5.41) is 1.04. The number of hydrogen-bond acceptors (Lipinski definition) is 1. The maximum atomic E-state index is 10.5. The van der Waals surface area contributed by atoms with E-state index < -0.39 is 0 Å². The summed E-state index contributed by atoms with van der Waals surface area (Å²) in [6.07, 6.45) is 2.58. The third-order valence-electron chi connectivity index (χ3n) is 2.08. The second-order valence-electron chi connectivity index (χ2n) is 2.89. The number of para-hydroxylation sites is 1. The summed E-state index contributed by atoms with van der Waals surface area (Å²) in [6.45, 7) is 3.68. The molecule has 2 rings (SSSR count). The second-order valence-corrected chi connectivity index (χ2v) is 2.89. The fraction of sp³-hybridized carbons (Fsp3) is 0. The van der Waals surface area contributed by atoms with Crippen molar-refractivity contribution in [1.82, 2.24) is 4.98 Å². The van der Waals surface area contributed by atoms with Gasteiger partial charge in [-0.05, 0) is 6.07 Å². The lowest BCUT2D eigenvalue weighted by Gasteiger charge is -1.93. The molecule has 0 fully saturated rings. The quantitative estimate of drug-likeness (QED) is 0.546. The molecule has 2 aromatic rings. The molecule has 1 aromatic carbocycles. The molecule has 0 saturated carbocycles. The molecule has 0 amide bonds. The van der Waals surface area contributed by atoms with Crippen LogP contribution in [0.5, 0.6) is 0 Å². The van der Waals surface area contributed by atoms with Gasteiger partial charge in [0, 0.05) is 28.2 Å². The Morgan fingerprint density at radius 1 is 1.38 bits per heavy atom. The van der Waals surface area contributed by atoms with Crippen LogP contribution in [0, 0.1) is 0 Å². The van der Waals surface area contributed by atoms with Crippen molar-refractivity contribution in [3.8, 4) is 0 Å². The van der Waals surface area contributed by atoms with Crippen LogP contribution >= 0.6 is 0 Å². The van der Waals surface area contributed by atoms with Crippen molar-refractivity contribution in [3.63, 3.8) is 0 Å². The maximum Gasteiger partial charge on any atom is 0.150 e. The van der Waals surface area contributed by atoms with Gasteiger partial charge in [-0.25, -0.2) is 0 Å². The van der Waals surface area contributed by atoms with E-state index in [1.54, 1.807) is 6.20 Å². The van der Waals surface area contributed by atoms with Gasteiger partial charge in [-0.2, -0.15) is 0 Å². The second kappa shape index (κ2) is 2.90. The third-order valence-corrected chi connectivity index (χ3v) is 2.08. The van der Waals surface area contributed by atoms with Crippen molar-refractivity contribution in [2.75, 3.05) is 0 Å². The van der Waals surface area contributed by atoms with Crippen LogP contribution in [0.3, 0.4) is 0 Å². The molecule has 0 atom stereocenters. The van der Waals surface area contributed by atoms with E-state index in [1.165, 1.54) is 0 Å². The fourth-order valence-corrected chi connectivity index (χ4v) is 1.40. The summed E-state index contributed by atoms with van der Waals surface area (Å²) in [7, 11) is 0. The van der Waals surface area contributed by atoms with Gasteiger partial charge in [0.15, 0.2) is 0 Å². The van der Waals surface area contributed by atoms with Crippen LogP contribution in [-0.4, -0.2) is 11.3 Å². The standard InChI is InChI=1S/C11H9NO/c1-8(7-13)10-6-12-11-5-3-2-4-9(10)11/h2-7,12H,1H2. The lowest BCUT2D eigenvalue weighted by molar-refractivity contribution is -0.103. The molecule has 1 aromatic heterocycles. The topological polar surface area (TPSA) is 32.9 Å². The number of fused-ring (bicyclic) bond motifs is 1. The van der Waals surface area contributed by atoms with E-state index >= 15 is 0 Å². The Kier molecular flexibility index (Phi) is 1.74. The van der Waals surface area contributed by atoms with Crippen LogP contribution in [0.15, 0.2) is 37.0 Å². The summed E-state index contributed by atoms with van der Waals surface area (Å²) in [5.74, 6) is 0. The largest absolute Gasteiger partial charge is 0.361 e. The zero-order valence-corrected chi connectivity index (χ0v) is 7.08. The number of allylic oxidation sites excluding steroid dienone is 1. The highest BCUT2D eigenvalue weighted by Gasteiger charge is 2.04. The van der Waals surface area contributed by atoms with Gasteiger partial charge in [-0.3, -0.25) is 4.79 Å². The minimum atomic E-state index is 0.512. The van der Waals surface area contributed by atoms with Crippen molar-refractivity contribution in [2.24, 2.45) is 0 Å². The Morgan fingerprint density at radius 3 is 2.92 bits per heavy atom. The number of H-pyrrole nitrogens is 1. The van der Waals surface area contributed by atoms with E-state index in [-0.39, 0.29) is 0 Å². The first kappa shape index (κ1) is 7.80. The van der Waals surface area contributed by atoms with E-state index in [2.05, 4.69) is 11.6 Å². The number of nitrogens with one attached hydrogen (secondary N) is 1. The highest BCUT2D eigenvalue weighted by atomic mass is 16.1. The van der Waals surface area contributed by atoms with Gasteiger partial charge in [-0.1, -0.05) is 24.8 Å². The molecule has 0 aliphatic heterocycles. The molecule has 0 aliphatic rings. The smallest absolute Gasteiger partial charge is 0.150 e. The number of aldehydes is 1. The Hall–Kier alpha value is -1.83. The highest BCUT2D eigenvalue weighted by molar-refractivity contribution is 6.11. The SMILES string of the molecule is C=C(C=O)c1c[nH]c2ccccc12. The Labute approximate surface area is 75.9 Å². The number of benzene rings is 1. The van der Waals surface area contributed by atoms with Gasteiger partial charge in [0.2, 0.25) is 0 Å². The molecule has 13 heavy (non-hydrogen) atoms. The zero-order valence-electron chi connectivity index (χ0n) is 7.08. The van der Waals surface area contributed by atoms with Crippen molar-refractivity contribution in [3.05, 3.63) is 42.6 Å². The zero-order chi connectivity index (χ0) is 9.26. The molecule has 0 spiro atoms.